The molecule has 168 valence electrons. The van der Waals surface area contributed by atoms with Gasteiger partial charge in [-0.15, -0.1) is 0 Å². The zero-order valence-corrected chi connectivity index (χ0v) is 18.7. The Morgan fingerprint density at radius 1 is 0.970 bits per heavy atom. The number of carbonyl (C=O) groups excluding carboxylic acids is 2. The van der Waals surface area contributed by atoms with Crippen molar-refractivity contribution in [2.24, 2.45) is 0 Å². The first kappa shape index (κ1) is 22.2. The van der Waals surface area contributed by atoms with Crippen molar-refractivity contribution >= 4 is 22.6 Å². The third-order valence-corrected chi connectivity index (χ3v) is 5.73. The highest BCUT2D eigenvalue weighted by atomic mass is 16.5. The van der Waals surface area contributed by atoms with Gasteiger partial charge in [-0.25, -0.2) is 0 Å². The number of aryl methyl sites for hydroxylation is 1. The van der Waals surface area contributed by atoms with Gasteiger partial charge in [-0.3, -0.25) is 9.59 Å². The minimum Gasteiger partial charge on any atom is -0.352 e. The van der Waals surface area contributed by atoms with E-state index in [1.54, 1.807) is 11.9 Å². The van der Waals surface area contributed by atoms with Crippen molar-refractivity contribution in [2.45, 2.75) is 25.3 Å². The Morgan fingerprint density at radius 2 is 1.70 bits per heavy atom. The topological polar surface area (TPSA) is 88.3 Å². The fraction of sp³-hybridized carbons (Fsp3) is 0.231. The molecule has 0 fully saturated rings. The van der Waals surface area contributed by atoms with Crippen LogP contribution in [0.1, 0.15) is 40.1 Å². The van der Waals surface area contributed by atoms with Crippen LogP contribution in [-0.4, -0.2) is 41.0 Å². The van der Waals surface area contributed by atoms with Crippen molar-refractivity contribution < 1.29 is 14.1 Å². The SMILES string of the molecule is CNC(=O)c1noc(C(Cc2ccccc2)N(C)C(=O)CCc2ccc3ccccc3c2)n1. The Labute approximate surface area is 192 Å². The van der Waals surface area contributed by atoms with Crippen LogP contribution in [0.15, 0.2) is 77.3 Å². The minimum absolute atomic E-state index is 0.0382. The number of hydrogen-bond acceptors (Lipinski definition) is 5. The molecule has 4 rings (SSSR count). The van der Waals surface area contributed by atoms with Gasteiger partial charge >= 0.3 is 0 Å². The zero-order valence-electron chi connectivity index (χ0n) is 18.7. The lowest BCUT2D eigenvalue weighted by atomic mass is 10.0. The van der Waals surface area contributed by atoms with Gasteiger partial charge < -0.3 is 14.7 Å². The summed E-state index contributed by atoms with van der Waals surface area (Å²) in [5, 5.41) is 8.59. The molecule has 7 nitrogen and oxygen atoms in total. The Morgan fingerprint density at radius 3 is 2.45 bits per heavy atom. The average molecular weight is 443 g/mol. The summed E-state index contributed by atoms with van der Waals surface area (Å²) < 4.78 is 5.39. The van der Waals surface area contributed by atoms with Gasteiger partial charge in [-0.1, -0.05) is 78.0 Å². The molecular weight excluding hydrogens is 416 g/mol. The molecule has 0 spiro atoms. The Hall–Kier alpha value is -4.00. The third-order valence-electron chi connectivity index (χ3n) is 5.73. The molecule has 1 aromatic heterocycles. The van der Waals surface area contributed by atoms with E-state index in [0.29, 0.717) is 19.3 Å². The van der Waals surface area contributed by atoms with E-state index >= 15 is 0 Å². The summed E-state index contributed by atoms with van der Waals surface area (Å²) in [5.74, 6) is -0.292. The highest BCUT2D eigenvalue weighted by Crippen LogP contribution is 2.24. The molecule has 0 aliphatic carbocycles. The second kappa shape index (κ2) is 10.1. The molecule has 7 heteroatoms. The number of likely N-dealkylation sites (N-methyl/N-ethyl adjacent to an activating group) is 1. The standard InChI is InChI=1S/C26H26N4O3/c1-27-25(32)24-28-26(33-29-24)22(17-18-8-4-3-5-9-18)30(2)23(31)15-13-19-12-14-20-10-6-7-11-21(20)16-19/h3-12,14,16,22H,13,15,17H2,1-2H3,(H,27,32). The van der Waals surface area contributed by atoms with E-state index in [9.17, 15) is 9.59 Å². The van der Waals surface area contributed by atoms with Gasteiger partial charge in [0.15, 0.2) is 0 Å². The molecule has 1 atom stereocenters. The Bertz CT molecular complexity index is 1250. The van der Waals surface area contributed by atoms with E-state index in [-0.39, 0.29) is 17.6 Å². The first-order valence-electron chi connectivity index (χ1n) is 10.9. The molecule has 4 aromatic rings. The van der Waals surface area contributed by atoms with Crippen LogP contribution in [0, 0.1) is 0 Å². The predicted octanol–water partition coefficient (Wildman–Crippen LogP) is 3.96. The molecule has 0 saturated carbocycles. The average Bonchev–Trinajstić information content (AvgIpc) is 3.35. The quantitative estimate of drug-likeness (QED) is 0.446. The second-order valence-corrected chi connectivity index (χ2v) is 7.93. The van der Waals surface area contributed by atoms with E-state index in [4.69, 9.17) is 4.52 Å². The summed E-state index contributed by atoms with van der Waals surface area (Å²) in [4.78, 5) is 30.9. The maximum Gasteiger partial charge on any atom is 0.292 e. The second-order valence-electron chi connectivity index (χ2n) is 7.93. The monoisotopic (exact) mass is 442 g/mol. The van der Waals surface area contributed by atoms with Crippen molar-refractivity contribution in [3.63, 3.8) is 0 Å². The highest BCUT2D eigenvalue weighted by molar-refractivity contribution is 5.90. The smallest absolute Gasteiger partial charge is 0.292 e. The fourth-order valence-electron chi connectivity index (χ4n) is 3.80. The first-order valence-corrected chi connectivity index (χ1v) is 10.9. The summed E-state index contributed by atoms with van der Waals surface area (Å²) >= 11 is 0. The normalized spacial score (nSPS) is 11.8. The van der Waals surface area contributed by atoms with Crippen LogP contribution >= 0.6 is 0 Å². The molecule has 0 aliphatic heterocycles. The van der Waals surface area contributed by atoms with Crippen LogP contribution in [0.5, 0.6) is 0 Å². The number of benzene rings is 3. The molecule has 1 N–H and O–H groups in total. The van der Waals surface area contributed by atoms with Crippen LogP contribution in [0.2, 0.25) is 0 Å². The molecule has 1 heterocycles. The van der Waals surface area contributed by atoms with Gasteiger partial charge in [-0.05, 0) is 28.3 Å². The van der Waals surface area contributed by atoms with Crippen molar-refractivity contribution in [3.05, 3.63) is 95.6 Å². The number of amides is 2. The van der Waals surface area contributed by atoms with E-state index in [0.717, 1.165) is 16.5 Å². The Balaban J connectivity index is 1.51. The van der Waals surface area contributed by atoms with E-state index < -0.39 is 11.9 Å². The maximum atomic E-state index is 13.1. The summed E-state index contributed by atoms with van der Waals surface area (Å²) in [6.07, 6.45) is 1.46. The number of rotatable bonds is 8. The minimum atomic E-state index is -0.484. The summed E-state index contributed by atoms with van der Waals surface area (Å²) in [6, 6.07) is 23.7. The van der Waals surface area contributed by atoms with Gasteiger partial charge in [0, 0.05) is 26.9 Å². The van der Waals surface area contributed by atoms with Crippen molar-refractivity contribution in [1.29, 1.82) is 0 Å². The zero-order chi connectivity index (χ0) is 23.2. The van der Waals surface area contributed by atoms with E-state index in [1.165, 1.54) is 12.4 Å². The molecule has 2 amide bonds. The molecule has 0 aliphatic rings. The van der Waals surface area contributed by atoms with Crippen molar-refractivity contribution in [3.8, 4) is 0 Å². The van der Waals surface area contributed by atoms with Crippen LogP contribution in [0.3, 0.4) is 0 Å². The predicted molar refractivity (Wildman–Crippen MR) is 126 cm³/mol. The summed E-state index contributed by atoms with van der Waals surface area (Å²) in [7, 11) is 3.24. The Kier molecular flexibility index (Phi) is 6.78. The molecule has 0 saturated heterocycles. The van der Waals surface area contributed by atoms with Crippen molar-refractivity contribution in [1.82, 2.24) is 20.4 Å². The van der Waals surface area contributed by atoms with Gasteiger partial charge in [0.2, 0.25) is 11.8 Å². The van der Waals surface area contributed by atoms with Crippen LogP contribution in [0.4, 0.5) is 0 Å². The number of carbonyl (C=O) groups is 2. The molecule has 3 aromatic carbocycles. The number of nitrogens with one attached hydrogen (secondary N) is 1. The summed E-state index contributed by atoms with van der Waals surface area (Å²) in [5.41, 5.74) is 2.13. The van der Waals surface area contributed by atoms with Gasteiger partial charge in [0.05, 0.1) is 0 Å². The fourth-order valence-corrected chi connectivity index (χ4v) is 3.80. The number of nitrogens with zero attached hydrogens (tertiary/aromatic N) is 3. The molecule has 0 bridgehead atoms. The number of hydrogen-bond donors (Lipinski definition) is 1. The van der Waals surface area contributed by atoms with Crippen LogP contribution in [0.25, 0.3) is 10.8 Å². The van der Waals surface area contributed by atoms with Crippen molar-refractivity contribution in [2.75, 3.05) is 14.1 Å². The maximum absolute atomic E-state index is 13.1. The molecular formula is C26H26N4O3. The molecule has 33 heavy (non-hydrogen) atoms. The van der Waals surface area contributed by atoms with Gasteiger partial charge in [0.1, 0.15) is 6.04 Å². The number of fused-ring (bicyclic) bond motifs is 1. The third kappa shape index (κ3) is 5.26. The molecule has 1 unspecified atom stereocenters. The summed E-state index contributed by atoms with van der Waals surface area (Å²) in [6.45, 7) is 0. The van der Waals surface area contributed by atoms with E-state index in [1.807, 2.05) is 42.5 Å². The lowest BCUT2D eigenvalue weighted by Crippen LogP contribution is -2.33. The van der Waals surface area contributed by atoms with Crippen LogP contribution < -0.4 is 5.32 Å². The lowest BCUT2D eigenvalue weighted by Gasteiger charge is -2.25. The molecule has 0 radical (unpaired) electrons. The highest BCUT2D eigenvalue weighted by Gasteiger charge is 2.28. The largest absolute Gasteiger partial charge is 0.352 e. The van der Waals surface area contributed by atoms with Gasteiger partial charge in [0.25, 0.3) is 11.7 Å². The number of aromatic nitrogens is 2. The van der Waals surface area contributed by atoms with E-state index in [2.05, 4.69) is 45.8 Å². The van der Waals surface area contributed by atoms with Gasteiger partial charge in [-0.2, -0.15) is 4.98 Å². The lowest BCUT2D eigenvalue weighted by molar-refractivity contribution is -0.132. The van der Waals surface area contributed by atoms with Crippen LogP contribution in [-0.2, 0) is 17.6 Å². The first-order chi connectivity index (χ1) is 16.0.